The summed E-state index contributed by atoms with van der Waals surface area (Å²) in [4.78, 5) is 10.5. The third-order valence-corrected chi connectivity index (χ3v) is 3.63. The van der Waals surface area contributed by atoms with Crippen LogP contribution in [0.2, 0.25) is 0 Å². The second-order valence-electron chi connectivity index (χ2n) is 5.63. The van der Waals surface area contributed by atoms with Crippen LogP contribution in [0.5, 0.6) is 0 Å². The van der Waals surface area contributed by atoms with Crippen molar-refractivity contribution in [2.75, 3.05) is 0 Å². The molecule has 0 atom stereocenters. The molecule has 0 saturated heterocycles. The highest BCUT2D eigenvalue weighted by Crippen LogP contribution is 2.29. The maximum absolute atomic E-state index is 10.5. The van der Waals surface area contributed by atoms with Crippen LogP contribution in [0.1, 0.15) is 58.3 Å². The van der Waals surface area contributed by atoms with Crippen molar-refractivity contribution in [1.82, 2.24) is 0 Å². The second-order valence-corrected chi connectivity index (χ2v) is 5.63. The molecule has 0 aliphatic heterocycles. The largest absolute Gasteiger partial charge is 0.481 e. The zero-order valence-electron chi connectivity index (χ0n) is 13.1. The lowest BCUT2D eigenvalue weighted by Gasteiger charge is -2.21. The van der Waals surface area contributed by atoms with Gasteiger partial charge in [-0.25, -0.2) is 0 Å². The Morgan fingerprint density at radius 1 is 1.10 bits per heavy atom. The Kier molecular flexibility index (Phi) is 8.49. The first kappa shape index (κ1) is 17.5. The molecule has 0 bridgehead atoms. The van der Waals surface area contributed by atoms with Crippen molar-refractivity contribution < 1.29 is 9.90 Å². The molecule has 0 aromatic heterocycles. The molecule has 0 aromatic carbocycles. The second kappa shape index (κ2) is 10.2. The molecular formula is C19H28O2. The highest BCUT2D eigenvalue weighted by atomic mass is 16.4. The first-order valence-corrected chi connectivity index (χ1v) is 8.11. The quantitative estimate of drug-likeness (QED) is 0.429. The van der Waals surface area contributed by atoms with E-state index in [0.29, 0.717) is 6.42 Å². The van der Waals surface area contributed by atoms with Gasteiger partial charge in [0, 0.05) is 11.8 Å². The molecule has 0 radical (unpaired) electrons. The van der Waals surface area contributed by atoms with E-state index in [9.17, 15) is 4.79 Å². The first-order valence-electron chi connectivity index (χ1n) is 8.11. The van der Waals surface area contributed by atoms with E-state index in [1.807, 2.05) is 0 Å². The number of carbonyl (C=O) groups is 1. The molecule has 1 rings (SSSR count). The molecule has 1 aliphatic carbocycles. The molecule has 0 aromatic rings. The van der Waals surface area contributed by atoms with Crippen molar-refractivity contribution in [2.45, 2.75) is 58.3 Å². The monoisotopic (exact) mass is 288 g/mol. The summed E-state index contributed by atoms with van der Waals surface area (Å²) in [5.74, 6) is -0.716. The number of carboxylic acid groups (broad SMARTS) is 1. The predicted molar refractivity (Wildman–Crippen MR) is 89.2 cm³/mol. The minimum Gasteiger partial charge on any atom is -0.481 e. The SMILES string of the molecule is CCCCC/C=C\C1(/C=C\CCCC(=O)O)C=CCC=C1. The van der Waals surface area contributed by atoms with Gasteiger partial charge in [0.1, 0.15) is 0 Å². The van der Waals surface area contributed by atoms with Gasteiger partial charge in [0.25, 0.3) is 0 Å². The Morgan fingerprint density at radius 2 is 1.71 bits per heavy atom. The van der Waals surface area contributed by atoms with Crippen LogP contribution in [-0.2, 0) is 4.79 Å². The van der Waals surface area contributed by atoms with Crippen molar-refractivity contribution in [1.29, 1.82) is 0 Å². The molecule has 116 valence electrons. The number of aliphatic carboxylic acids is 1. The van der Waals surface area contributed by atoms with Crippen LogP contribution in [0.15, 0.2) is 48.6 Å². The number of allylic oxidation sites excluding steroid dienone is 8. The molecular weight excluding hydrogens is 260 g/mol. The molecule has 0 heterocycles. The minimum atomic E-state index is -0.716. The first-order chi connectivity index (χ1) is 10.2. The molecule has 0 amide bonds. The Balaban J connectivity index is 2.52. The average molecular weight is 288 g/mol. The van der Waals surface area contributed by atoms with Crippen molar-refractivity contribution in [2.24, 2.45) is 5.41 Å². The lowest BCUT2D eigenvalue weighted by Crippen LogP contribution is -2.09. The maximum Gasteiger partial charge on any atom is 0.303 e. The molecule has 0 fully saturated rings. The summed E-state index contributed by atoms with van der Waals surface area (Å²) in [5.41, 5.74) is -0.103. The van der Waals surface area contributed by atoms with Crippen LogP contribution >= 0.6 is 0 Å². The maximum atomic E-state index is 10.5. The molecule has 0 spiro atoms. The summed E-state index contributed by atoms with van der Waals surface area (Å²) in [6.07, 6.45) is 25.4. The lowest BCUT2D eigenvalue weighted by molar-refractivity contribution is -0.137. The van der Waals surface area contributed by atoms with Crippen LogP contribution < -0.4 is 0 Å². The van der Waals surface area contributed by atoms with Gasteiger partial charge in [-0.05, 0) is 32.1 Å². The predicted octanol–water partition coefficient (Wildman–Crippen LogP) is 5.44. The van der Waals surface area contributed by atoms with Gasteiger partial charge in [-0.15, -0.1) is 0 Å². The molecule has 1 N–H and O–H groups in total. The normalized spacial score (nSPS) is 17.0. The summed E-state index contributed by atoms with van der Waals surface area (Å²) in [6.45, 7) is 2.22. The summed E-state index contributed by atoms with van der Waals surface area (Å²) in [5, 5.41) is 8.64. The van der Waals surface area contributed by atoms with E-state index < -0.39 is 5.97 Å². The van der Waals surface area contributed by atoms with Gasteiger partial charge in [-0.3, -0.25) is 4.79 Å². The van der Waals surface area contributed by atoms with Gasteiger partial charge < -0.3 is 5.11 Å². The van der Waals surface area contributed by atoms with Crippen LogP contribution in [0.4, 0.5) is 0 Å². The van der Waals surface area contributed by atoms with E-state index in [4.69, 9.17) is 5.11 Å². The molecule has 0 unspecified atom stereocenters. The van der Waals surface area contributed by atoms with Gasteiger partial charge in [0.05, 0.1) is 0 Å². The minimum absolute atomic E-state index is 0.103. The smallest absolute Gasteiger partial charge is 0.303 e. The summed E-state index contributed by atoms with van der Waals surface area (Å²) in [7, 11) is 0. The fraction of sp³-hybridized carbons (Fsp3) is 0.526. The van der Waals surface area contributed by atoms with Crippen molar-refractivity contribution in [3.05, 3.63) is 48.6 Å². The van der Waals surface area contributed by atoms with E-state index in [0.717, 1.165) is 19.3 Å². The standard InChI is InChI=1S/C19H28O2/c1-2-3-4-5-9-14-19(16-11-7-12-17-19)15-10-6-8-13-18(20)21/h9-12,14-17H,2-8,13H2,1H3,(H,20,21)/b14-9-,15-10-. The van der Waals surface area contributed by atoms with Crippen molar-refractivity contribution >= 4 is 5.97 Å². The average Bonchev–Trinajstić information content (AvgIpc) is 2.47. The van der Waals surface area contributed by atoms with Gasteiger partial charge in [-0.1, -0.05) is 68.4 Å². The number of hydrogen-bond donors (Lipinski definition) is 1. The van der Waals surface area contributed by atoms with E-state index in [1.54, 1.807) is 0 Å². The highest BCUT2D eigenvalue weighted by Gasteiger charge is 2.17. The van der Waals surface area contributed by atoms with E-state index in [1.165, 1.54) is 19.3 Å². The lowest BCUT2D eigenvalue weighted by atomic mass is 9.82. The Bertz CT molecular complexity index is 401. The van der Waals surface area contributed by atoms with Gasteiger partial charge in [-0.2, -0.15) is 0 Å². The van der Waals surface area contributed by atoms with Gasteiger partial charge >= 0.3 is 5.97 Å². The number of hydrogen-bond acceptors (Lipinski definition) is 1. The highest BCUT2D eigenvalue weighted by molar-refractivity contribution is 5.66. The Morgan fingerprint density at radius 3 is 2.29 bits per heavy atom. The Hall–Kier alpha value is -1.57. The van der Waals surface area contributed by atoms with E-state index >= 15 is 0 Å². The third-order valence-electron chi connectivity index (χ3n) is 3.63. The number of rotatable bonds is 10. The van der Waals surface area contributed by atoms with Gasteiger partial charge in [0.2, 0.25) is 0 Å². The molecule has 1 aliphatic rings. The summed E-state index contributed by atoms with van der Waals surface area (Å²) >= 11 is 0. The molecule has 2 heteroatoms. The van der Waals surface area contributed by atoms with E-state index in [2.05, 4.69) is 55.5 Å². The topological polar surface area (TPSA) is 37.3 Å². The fourth-order valence-corrected chi connectivity index (χ4v) is 2.41. The van der Waals surface area contributed by atoms with Crippen LogP contribution in [-0.4, -0.2) is 11.1 Å². The van der Waals surface area contributed by atoms with E-state index in [-0.39, 0.29) is 11.8 Å². The van der Waals surface area contributed by atoms with Crippen LogP contribution in [0, 0.1) is 5.41 Å². The molecule has 21 heavy (non-hydrogen) atoms. The third kappa shape index (κ3) is 7.69. The zero-order chi connectivity index (χ0) is 15.4. The Labute approximate surface area is 128 Å². The van der Waals surface area contributed by atoms with Gasteiger partial charge in [0.15, 0.2) is 0 Å². The zero-order valence-corrected chi connectivity index (χ0v) is 13.1. The summed E-state index contributed by atoms with van der Waals surface area (Å²) < 4.78 is 0. The summed E-state index contributed by atoms with van der Waals surface area (Å²) in [6, 6.07) is 0. The van der Waals surface area contributed by atoms with Crippen LogP contribution in [0.3, 0.4) is 0 Å². The molecule has 2 nitrogen and oxygen atoms in total. The molecule has 0 saturated carbocycles. The number of unbranched alkanes of at least 4 members (excludes halogenated alkanes) is 4. The number of carboxylic acids is 1. The van der Waals surface area contributed by atoms with Crippen molar-refractivity contribution in [3.8, 4) is 0 Å². The van der Waals surface area contributed by atoms with Crippen LogP contribution in [0.25, 0.3) is 0 Å². The van der Waals surface area contributed by atoms with Crippen molar-refractivity contribution in [3.63, 3.8) is 0 Å². The fourth-order valence-electron chi connectivity index (χ4n) is 2.41.